The zero-order chi connectivity index (χ0) is 10.3. The van der Waals surface area contributed by atoms with E-state index in [2.05, 4.69) is 28.9 Å². The molecule has 0 aliphatic rings. The molecule has 1 aromatic carbocycles. The minimum atomic E-state index is 0.0962. The van der Waals surface area contributed by atoms with Crippen molar-refractivity contribution in [1.82, 2.24) is 0 Å². The molecule has 0 fully saturated rings. The first-order valence-electron chi connectivity index (χ1n) is 4.29. The van der Waals surface area contributed by atoms with Gasteiger partial charge in [-0.05, 0) is 46.8 Å². The molecule has 1 nitrogen and oxygen atoms in total. The van der Waals surface area contributed by atoms with Crippen LogP contribution in [0.3, 0.4) is 0 Å². The lowest BCUT2D eigenvalue weighted by Gasteiger charge is -2.03. The van der Waals surface area contributed by atoms with Gasteiger partial charge in [-0.3, -0.25) is 4.79 Å². The van der Waals surface area contributed by atoms with Gasteiger partial charge in [0.15, 0.2) is 0 Å². The first kappa shape index (κ1) is 9.87. The molecular weight excluding hydrogens is 260 g/mol. The van der Waals surface area contributed by atoms with Gasteiger partial charge in [-0.25, -0.2) is 0 Å². The van der Waals surface area contributed by atoms with Gasteiger partial charge < -0.3 is 0 Å². The monoisotopic (exact) mass is 268 g/mol. The smallest absolute Gasteiger partial charge is 0.247 e. The topological polar surface area (TPSA) is 17.1 Å². The van der Waals surface area contributed by atoms with E-state index in [0.717, 1.165) is 10.3 Å². The second kappa shape index (κ2) is 3.48. The zero-order valence-electron chi connectivity index (χ0n) is 7.93. The van der Waals surface area contributed by atoms with E-state index >= 15 is 0 Å². The molecule has 0 aliphatic carbocycles. The van der Waals surface area contributed by atoms with E-state index in [9.17, 15) is 4.79 Å². The summed E-state index contributed by atoms with van der Waals surface area (Å²) in [6, 6.07) is 6.16. The van der Waals surface area contributed by atoms with Crippen molar-refractivity contribution in [2.45, 2.75) is 13.8 Å². The summed E-state index contributed by atoms with van der Waals surface area (Å²) in [6.07, 6.45) is 0. The minimum Gasteiger partial charge on any atom is -0.277 e. The predicted molar refractivity (Wildman–Crippen MR) is 65.3 cm³/mol. The van der Waals surface area contributed by atoms with Crippen LogP contribution < -0.4 is 4.74 Å². The highest BCUT2D eigenvalue weighted by atomic mass is 79.9. The van der Waals surface area contributed by atoms with Crippen molar-refractivity contribution in [3.63, 3.8) is 0 Å². The number of aryl methyl sites for hydroxylation is 2. The van der Waals surface area contributed by atoms with Crippen molar-refractivity contribution >= 4 is 37.4 Å². The van der Waals surface area contributed by atoms with Crippen LogP contribution in [0.4, 0.5) is 0 Å². The maximum absolute atomic E-state index is 11.5. The Labute approximate surface area is 94.5 Å². The molecule has 2 aromatic rings. The second-order valence-corrected chi connectivity index (χ2v) is 5.14. The van der Waals surface area contributed by atoms with Crippen molar-refractivity contribution < 1.29 is 0 Å². The quantitative estimate of drug-likeness (QED) is 0.713. The van der Waals surface area contributed by atoms with E-state index in [0.29, 0.717) is 4.47 Å². The Morgan fingerprint density at radius 1 is 1.29 bits per heavy atom. The summed E-state index contributed by atoms with van der Waals surface area (Å²) in [7, 11) is 0. The van der Waals surface area contributed by atoms with Crippen LogP contribution in [0.15, 0.2) is 27.5 Å². The van der Waals surface area contributed by atoms with Gasteiger partial charge in [0.1, 0.15) is 0 Å². The minimum absolute atomic E-state index is 0.0962. The highest BCUT2D eigenvalue weighted by molar-refractivity contribution is 9.10. The van der Waals surface area contributed by atoms with Crippen LogP contribution >= 0.6 is 27.3 Å². The molecule has 0 amide bonds. The van der Waals surface area contributed by atoms with Gasteiger partial charge in [-0.1, -0.05) is 29.0 Å². The van der Waals surface area contributed by atoms with Crippen molar-refractivity contribution in [3.8, 4) is 0 Å². The summed E-state index contributed by atoms with van der Waals surface area (Å²) in [5, 5.41) is 1.17. The fraction of sp³-hybridized carbons (Fsp3) is 0.182. The predicted octanol–water partition coefficient (Wildman–Crippen LogP) is 3.64. The largest absolute Gasteiger partial charge is 0.277 e. The molecule has 0 radical (unpaired) electrons. The lowest BCUT2D eigenvalue weighted by Crippen LogP contribution is -1.98. The van der Waals surface area contributed by atoms with E-state index in [-0.39, 0.29) is 4.74 Å². The highest BCUT2D eigenvalue weighted by Crippen LogP contribution is 2.26. The molecular formula is C11H9BrOS. The number of hydrogen-bond acceptors (Lipinski definition) is 2. The van der Waals surface area contributed by atoms with E-state index < -0.39 is 0 Å². The van der Waals surface area contributed by atoms with E-state index in [4.69, 9.17) is 0 Å². The molecule has 0 saturated heterocycles. The zero-order valence-corrected chi connectivity index (χ0v) is 10.3. The van der Waals surface area contributed by atoms with Gasteiger partial charge in [0.25, 0.3) is 0 Å². The van der Waals surface area contributed by atoms with Crippen LogP contribution in [0.2, 0.25) is 0 Å². The third kappa shape index (κ3) is 1.51. The maximum Gasteiger partial charge on any atom is 0.247 e. The van der Waals surface area contributed by atoms with Crippen LogP contribution in [0, 0.1) is 13.8 Å². The van der Waals surface area contributed by atoms with Crippen LogP contribution in [-0.4, -0.2) is 0 Å². The summed E-state index contributed by atoms with van der Waals surface area (Å²) in [6.45, 7) is 4.03. The number of benzene rings is 1. The Morgan fingerprint density at radius 3 is 2.71 bits per heavy atom. The molecule has 3 heteroatoms. The number of halogens is 1. The van der Waals surface area contributed by atoms with Crippen LogP contribution in [0.1, 0.15) is 11.1 Å². The van der Waals surface area contributed by atoms with Crippen LogP contribution in [0.5, 0.6) is 0 Å². The molecule has 1 heterocycles. The molecule has 0 unspecified atom stereocenters. The molecule has 1 aromatic heterocycles. The van der Waals surface area contributed by atoms with Crippen molar-refractivity contribution in [3.05, 3.63) is 43.3 Å². The molecule has 72 valence electrons. The normalized spacial score (nSPS) is 10.8. The standard InChI is InChI=1S/C11H9BrOS/c1-6-3-4-9-8(5-6)7(2)10(12)11(13)14-9/h3-5H,1-2H3. The van der Waals surface area contributed by atoms with E-state index in [1.807, 2.05) is 19.1 Å². The van der Waals surface area contributed by atoms with Crippen molar-refractivity contribution in [2.75, 3.05) is 0 Å². The number of fused-ring (bicyclic) bond motifs is 1. The molecule has 0 bridgehead atoms. The Bertz CT molecular complexity index is 557. The van der Waals surface area contributed by atoms with Gasteiger partial charge in [-0.2, -0.15) is 0 Å². The molecule has 2 rings (SSSR count). The van der Waals surface area contributed by atoms with Crippen molar-refractivity contribution in [2.24, 2.45) is 0 Å². The Morgan fingerprint density at radius 2 is 2.00 bits per heavy atom. The third-order valence-corrected chi connectivity index (χ3v) is 4.43. The average molecular weight is 269 g/mol. The molecule has 0 spiro atoms. The maximum atomic E-state index is 11.5. The summed E-state index contributed by atoms with van der Waals surface area (Å²) in [4.78, 5) is 11.5. The Kier molecular flexibility index (Phi) is 2.45. The lowest BCUT2D eigenvalue weighted by molar-refractivity contribution is 1.45. The Hall–Kier alpha value is -0.670. The van der Waals surface area contributed by atoms with Crippen molar-refractivity contribution in [1.29, 1.82) is 0 Å². The Balaban J connectivity index is 2.99. The lowest BCUT2D eigenvalue weighted by atomic mass is 10.1. The fourth-order valence-electron chi connectivity index (χ4n) is 1.44. The first-order valence-corrected chi connectivity index (χ1v) is 5.90. The SMILES string of the molecule is Cc1ccc2sc(=O)c(Br)c(C)c2c1. The average Bonchev–Trinajstić information content (AvgIpc) is 2.16. The molecule has 0 saturated carbocycles. The molecule has 0 aliphatic heterocycles. The van der Waals surface area contributed by atoms with Gasteiger partial charge in [0, 0.05) is 4.70 Å². The fourth-order valence-corrected chi connectivity index (χ4v) is 2.80. The van der Waals surface area contributed by atoms with Crippen LogP contribution in [-0.2, 0) is 0 Å². The summed E-state index contributed by atoms with van der Waals surface area (Å²) in [5.74, 6) is 0. The number of hydrogen-bond donors (Lipinski definition) is 0. The van der Waals surface area contributed by atoms with E-state index in [1.54, 1.807) is 0 Å². The van der Waals surface area contributed by atoms with Gasteiger partial charge in [0.05, 0.1) is 4.47 Å². The third-order valence-electron chi connectivity index (χ3n) is 2.25. The summed E-state index contributed by atoms with van der Waals surface area (Å²) < 4.78 is 1.85. The van der Waals surface area contributed by atoms with Crippen LogP contribution in [0.25, 0.3) is 10.1 Å². The molecule has 0 N–H and O–H groups in total. The molecule has 0 atom stereocenters. The van der Waals surface area contributed by atoms with E-state index in [1.165, 1.54) is 22.3 Å². The van der Waals surface area contributed by atoms with Gasteiger partial charge in [-0.15, -0.1) is 0 Å². The highest BCUT2D eigenvalue weighted by Gasteiger charge is 2.06. The summed E-state index contributed by atoms with van der Waals surface area (Å²) >= 11 is 4.61. The first-order chi connectivity index (χ1) is 6.59. The summed E-state index contributed by atoms with van der Waals surface area (Å²) in [5.41, 5.74) is 2.26. The van der Waals surface area contributed by atoms with Gasteiger partial charge >= 0.3 is 0 Å². The van der Waals surface area contributed by atoms with Gasteiger partial charge in [0.2, 0.25) is 4.74 Å². The number of rotatable bonds is 0. The molecule has 14 heavy (non-hydrogen) atoms. The second-order valence-electron chi connectivity index (χ2n) is 3.33.